The van der Waals surface area contributed by atoms with Gasteiger partial charge in [0.25, 0.3) is 5.91 Å². The van der Waals surface area contributed by atoms with E-state index in [-0.39, 0.29) is 22.2 Å². The molecule has 1 spiro atoms. The van der Waals surface area contributed by atoms with Gasteiger partial charge in [0.05, 0.1) is 11.3 Å². The van der Waals surface area contributed by atoms with E-state index in [1.54, 1.807) is 0 Å². The van der Waals surface area contributed by atoms with Gasteiger partial charge in [-0.15, -0.1) is 0 Å². The Labute approximate surface area is 190 Å². The van der Waals surface area contributed by atoms with Gasteiger partial charge in [0.1, 0.15) is 5.82 Å². The van der Waals surface area contributed by atoms with E-state index in [0.717, 1.165) is 35.8 Å². The van der Waals surface area contributed by atoms with Crippen LogP contribution in [0.25, 0.3) is 0 Å². The molecule has 1 aromatic heterocycles. The molecule has 2 aliphatic rings. The smallest absolute Gasteiger partial charge is 0.258 e. The molecule has 1 N–H and O–H groups in total. The Kier molecular flexibility index (Phi) is 6.08. The van der Waals surface area contributed by atoms with Gasteiger partial charge in [0.15, 0.2) is 0 Å². The summed E-state index contributed by atoms with van der Waals surface area (Å²) in [5.74, 6) is 1.71. The molecule has 4 rings (SSSR count). The average molecular weight is 440 g/mol. The standard InChI is InChI=1S/C26H37N3OS/c1-6-31(5)19-10-11-20(21(18-19)29-16-14-26(12-13-26)15-17-29)24(30)28-23-9-7-8-22(27-23)25(2,3)4/h7-11,18,31H,6,12-17H2,1-5H3,(H,27,28,30). The second-order valence-electron chi connectivity index (χ2n) is 10.3. The van der Waals surface area contributed by atoms with Crippen molar-refractivity contribution in [2.24, 2.45) is 5.41 Å². The molecule has 1 aliphatic carbocycles. The third-order valence-corrected chi connectivity index (χ3v) is 9.13. The fraction of sp³-hybridized carbons (Fsp3) is 0.538. The summed E-state index contributed by atoms with van der Waals surface area (Å²) in [6.07, 6.45) is 7.61. The first-order chi connectivity index (χ1) is 14.7. The molecular weight excluding hydrogens is 402 g/mol. The van der Waals surface area contributed by atoms with Gasteiger partial charge in [0.2, 0.25) is 0 Å². The molecule has 4 nitrogen and oxygen atoms in total. The van der Waals surface area contributed by atoms with Gasteiger partial charge in [-0.3, -0.25) is 4.79 Å². The zero-order valence-electron chi connectivity index (χ0n) is 19.7. The van der Waals surface area contributed by atoms with Crippen molar-refractivity contribution in [3.05, 3.63) is 47.7 Å². The lowest BCUT2D eigenvalue weighted by molar-refractivity contribution is 0.102. The van der Waals surface area contributed by atoms with E-state index >= 15 is 0 Å². The third kappa shape index (κ3) is 4.92. The number of piperidine rings is 1. The third-order valence-electron chi connectivity index (χ3n) is 7.02. The Bertz CT molecular complexity index is 951. The molecule has 1 atom stereocenters. The van der Waals surface area contributed by atoms with Crippen molar-refractivity contribution in [3.8, 4) is 0 Å². The molecule has 0 bridgehead atoms. The lowest BCUT2D eigenvalue weighted by atomic mass is 9.92. The highest BCUT2D eigenvalue weighted by Crippen LogP contribution is 2.54. The maximum Gasteiger partial charge on any atom is 0.258 e. The van der Waals surface area contributed by atoms with E-state index in [4.69, 9.17) is 4.98 Å². The minimum absolute atomic E-state index is 0.0570. The van der Waals surface area contributed by atoms with E-state index in [9.17, 15) is 4.79 Å². The van der Waals surface area contributed by atoms with Crippen LogP contribution in [-0.2, 0) is 5.41 Å². The Balaban J connectivity index is 1.61. The summed E-state index contributed by atoms with van der Waals surface area (Å²) < 4.78 is 0. The van der Waals surface area contributed by atoms with Crippen LogP contribution in [0, 0.1) is 5.41 Å². The van der Waals surface area contributed by atoms with Gasteiger partial charge in [0, 0.05) is 24.2 Å². The minimum atomic E-state index is -0.185. The first-order valence-corrected chi connectivity index (χ1v) is 13.6. The summed E-state index contributed by atoms with van der Waals surface area (Å²) in [6, 6.07) is 12.3. The molecule has 1 unspecified atom stereocenters. The van der Waals surface area contributed by atoms with Gasteiger partial charge < -0.3 is 10.2 Å². The van der Waals surface area contributed by atoms with Crippen LogP contribution in [0.15, 0.2) is 41.3 Å². The molecule has 1 amide bonds. The monoisotopic (exact) mass is 439 g/mol. The Morgan fingerprint density at radius 2 is 1.84 bits per heavy atom. The maximum atomic E-state index is 13.4. The maximum absolute atomic E-state index is 13.4. The largest absolute Gasteiger partial charge is 0.371 e. The molecule has 2 heterocycles. The average Bonchev–Trinajstić information content (AvgIpc) is 3.51. The van der Waals surface area contributed by atoms with Crippen molar-refractivity contribution in [2.45, 2.75) is 63.7 Å². The molecule has 1 saturated heterocycles. The van der Waals surface area contributed by atoms with Crippen molar-refractivity contribution in [2.75, 3.05) is 35.3 Å². The first kappa shape index (κ1) is 22.2. The van der Waals surface area contributed by atoms with Crippen molar-refractivity contribution in [1.82, 2.24) is 4.98 Å². The quantitative estimate of drug-likeness (QED) is 0.560. The number of amides is 1. The van der Waals surface area contributed by atoms with E-state index in [0.29, 0.717) is 11.2 Å². The number of hydrogen-bond acceptors (Lipinski definition) is 3. The zero-order chi connectivity index (χ0) is 22.2. The van der Waals surface area contributed by atoms with E-state index in [1.807, 2.05) is 24.3 Å². The molecule has 1 saturated carbocycles. The topological polar surface area (TPSA) is 45.2 Å². The molecule has 5 heteroatoms. The van der Waals surface area contributed by atoms with Crippen molar-refractivity contribution >= 4 is 28.3 Å². The Morgan fingerprint density at radius 1 is 1.13 bits per heavy atom. The summed E-state index contributed by atoms with van der Waals surface area (Å²) in [5, 5.41) is 3.07. The molecule has 2 aromatic rings. The molecular formula is C26H37N3OS. The number of anilines is 2. The number of thiol groups is 1. The van der Waals surface area contributed by atoms with Gasteiger partial charge in [-0.2, -0.15) is 0 Å². The van der Waals surface area contributed by atoms with Crippen LogP contribution in [0.3, 0.4) is 0 Å². The summed E-state index contributed by atoms with van der Waals surface area (Å²) in [5.41, 5.74) is 3.40. The predicted octanol–water partition coefficient (Wildman–Crippen LogP) is 6.02. The summed E-state index contributed by atoms with van der Waals surface area (Å²) >= 11 is 0. The zero-order valence-corrected chi connectivity index (χ0v) is 20.6. The number of nitrogens with zero attached hydrogens (tertiary/aromatic N) is 2. The van der Waals surface area contributed by atoms with Gasteiger partial charge in [-0.05, 0) is 78.3 Å². The molecule has 1 aromatic carbocycles. The molecule has 0 radical (unpaired) electrons. The van der Waals surface area contributed by atoms with Crippen LogP contribution < -0.4 is 10.2 Å². The number of benzene rings is 1. The van der Waals surface area contributed by atoms with Crippen LogP contribution in [0.5, 0.6) is 0 Å². The van der Waals surface area contributed by atoms with Crippen LogP contribution in [0.4, 0.5) is 11.5 Å². The Morgan fingerprint density at radius 3 is 2.45 bits per heavy atom. The van der Waals surface area contributed by atoms with Crippen molar-refractivity contribution in [3.63, 3.8) is 0 Å². The second kappa shape index (κ2) is 8.50. The summed E-state index contributed by atoms with van der Waals surface area (Å²) in [7, 11) is -0.185. The van der Waals surface area contributed by atoms with E-state index < -0.39 is 0 Å². The molecule has 168 valence electrons. The lowest BCUT2D eigenvalue weighted by Gasteiger charge is -2.35. The first-order valence-electron chi connectivity index (χ1n) is 11.6. The lowest BCUT2D eigenvalue weighted by Crippen LogP contribution is -2.35. The number of carbonyl (C=O) groups excluding carboxylic acids is 1. The number of pyridine rings is 1. The van der Waals surface area contributed by atoms with Gasteiger partial charge in [-0.1, -0.05) is 33.8 Å². The molecule has 1 aliphatic heterocycles. The molecule has 31 heavy (non-hydrogen) atoms. The number of aromatic nitrogens is 1. The summed E-state index contributed by atoms with van der Waals surface area (Å²) in [6.45, 7) is 10.8. The normalized spacial score (nSPS) is 19.3. The van der Waals surface area contributed by atoms with Crippen LogP contribution in [0.2, 0.25) is 0 Å². The highest BCUT2D eigenvalue weighted by Gasteiger charge is 2.44. The number of nitrogens with one attached hydrogen (secondary N) is 1. The van der Waals surface area contributed by atoms with Gasteiger partial charge >= 0.3 is 0 Å². The summed E-state index contributed by atoms with van der Waals surface area (Å²) in [4.78, 5) is 21.9. The number of carbonyl (C=O) groups is 1. The van der Waals surface area contributed by atoms with E-state index in [2.05, 4.69) is 56.3 Å². The van der Waals surface area contributed by atoms with Crippen LogP contribution >= 0.6 is 10.9 Å². The van der Waals surface area contributed by atoms with Crippen molar-refractivity contribution in [1.29, 1.82) is 0 Å². The predicted molar refractivity (Wildman–Crippen MR) is 134 cm³/mol. The fourth-order valence-electron chi connectivity index (χ4n) is 4.40. The van der Waals surface area contributed by atoms with Crippen LogP contribution in [-0.4, -0.2) is 36.0 Å². The highest BCUT2D eigenvalue weighted by molar-refractivity contribution is 8.16. The minimum Gasteiger partial charge on any atom is -0.371 e. The van der Waals surface area contributed by atoms with E-state index in [1.165, 1.54) is 30.6 Å². The Hall–Kier alpha value is -2.01. The SMILES string of the molecule is CC[SH](C)c1ccc(C(=O)Nc2cccc(C(C)(C)C)n2)c(N2CCC3(CC2)CC3)c1. The fourth-order valence-corrected chi connectivity index (χ4v) is 5.43. The van der Waals surface area contributed by atoms with Crippen LogP contribution in [0.1, 0.15) is 69.4 Å². The number of rotatable bonds is 5. The number of hydrogen-bond donors (Lipinski definition) is 2. The van der Waals surface area contributed by atoms with Gasteiger partial charge in [-0.25, -0.2) is 15.9 Å². The highest BCUT2D eigenvalue weighted by atomic mass is 32.2. The molecule has 2 fully saturated rings. The second-order valence-corrected chi connectivity index (χ2v) is 12.9. The van der Waals surface area contributed by atoms with Crippen molar-refractivity contribution < 1.29 is 4.79 Å².